The molecule has 7 nitrogen and oxygen atoms in total. The van der Waals surface area contributed by atoms with Crippen LogP contribution in [0.15, 0.2) is 11.0 Å². The third-order valence-electron chi connectivity index (χ3n) is 1.21. The fraction of sp³-hybridized carbons (Fsp3) is 0. The number of hydrogen-bond acceptors (Lipinski definition) is 4. The largest absolute Gasteiger partial charge is 0.476 e. The number of carbonyl (C=O) groups is 2. The summed E-state index contributed by atoms with van der Waals surface area (Å²) in [6.45, 7) is 0. The smallest absolute Gasteiger partial charge is 0.360 e. The van der Waals surface area contributed by atoms with Crippen molar-refractivity contribution in [2.24, 2.45) is 0 Å². The lowest BCUT2D eigenvalue weighted by Crippen LogP contribution is -2.22. The van der Waals surface area contributed by atoms with Crippen LogP contribution in [-0.4, -0.2) is 32.1 Å². The van der Waals surface area contributed by atoms with E-state index in [-0.39, 0.29) is 0 Å². The number of rotatable bonds is 2. The zero-order chi connectivity index (χ0) is 10.0. The van der Waals surface area contributed by atoms with Crippen LogP contribution in [0.4, 0.5) is 0 Å². The summed E-state index contributed by atoms with van der Waals surface area (Å²) < 4.78 is 0. The molecule has 0 aliphatic rings. The molecule has 0 amide bonds. The van der Waals surface area contributed by atoms with Gasteiger partial charge in [0, 0.05) is 6.20 Å². The first kappa shape index (κ1) is 8.91. The van der Waals surface area contributed by atoms with Gasteiger partial charge in [0.15, 0.2) is 5.69 Å². The molecular weight excluding hydrogens is 180 g/mol. The number of nitrogens with one attached hydrogen (secondary N) is 1. The van der Waals surface area contributed by atoms with Gasteiger partial charge in [-0.15, -0.1) is 0 Å². The number of aromatic carboxylic acids is 2. The molecule has 1 rings (SSSR count). The van der Waals surface area contributed by atoms with Crippen LogP contribution in [0.25, 0.3) is 0 Å². The molecule has 13 heavy (non-hydrogen) atoms. The number of aromatic nitrogens is 2. The fourth-order valence-corrected chi connectivity index (χ4v) is 0.660. The maximum Gasteiger partial charge on any atom is 0.360 e. The van der Waals surface area contributed by atoms with Crippen LogP contribution in [0.1, 0.15) is 21.0 Å². The van der Waals surface area contributed by atoms with Gasteiger partial charge in [-0.05, 0) is 0 Å². The van der Waals surface area contributed by atoms with E-state index in [9.17, 15) is 14.4 Å². The van der Waals surface area contributed by atoms with Crippen molar-refractivity contribution in [1.29, 1.82) is 0 Å². The van der Waals surface area contributed by atoms with Gasteiger partial charge >= 0.3 is 11.9 Å². The van der Waals surface area contributed by atoms with Crippen LogP contribution in [0.2, 0.25) is 0 Å². The second kappa shape index (κ2) is 3.05. The van der Waals surface area contributed by atoms with E-state index in [1.807, 2.05) is 4.98 Å². The molecule has 0 spiro atoms. The first-order chi connectivity index (χ1) is 6.02. The molecule has 3 N–H and O–H groups in total. The highest BCUT2D eigenvalue weighted by molar-refractivity contribution is 5.88. The number of carboxylic acid groups (broad SMARTS) is 2. The van der Waals surface area contributed by atoms with Crippen LogP contribution in [0, 0.1) is 0 Å². The Balaban J connectivity index is 3.35. The van der Waals surface area contributed by atoms with Crippen molar-refractivity contribution in [1.82, 2.24) is 9.97 Å². The van der Waals surface area contributed by atoms with Crippen molar-refractivity contribution in [3.05, 3.63) is 27.9 Å². The molecule has 0 radical (unpaired) electrons. The van der Waals surface area contributed by atoms with E-state index in [1.165, 1.54) is 0 Å². The highest BCUT2D eigenvalue weighted by Gasteiger charge is 2.14. The Bertz CT molecular complexity index is 421. The van der Waals surface area contributed by atoms with E-state index < -0.39 is 28.9 Å². The van der Waals surface area contributed by atoms with E-state index in [4.69, 9.17) is 10.2 Å². The SMILES string of the molecule is O=C(O)c1c[nH]c(=O)c(C(=O)O)n1. The minimum atomic E-state index is -1.57. The number of carboxylic acids is 2. The number of H-pyrrole nitrogens is 1. The van der Waals surface area contributed by atoms with Gasteiger partial charge in [0.05, 0.1) is 0 Å². The molecule has 0 aliphatic carbocycles. The van der Waals surface area contributed by atoms with E-state index in [1.54, 1.807) is 0 Å². The third-order valence-corrected chi connectivity index (χ3v) is 1.21. The first-order valence-corrected chi connectivity index (χ1v) is 3.08. The predicted octanol–water partition coefficient (Wildman–Crippen LogP) is -0.834. The van der Waals surface area contributed by atoms with Crippen molar-refractivity contribution < 1.29 is 19.8 Å². The van der Waals surface area contributed by atoms with E-state index >= 15 is 0 Å². The van der Waals surface area contributed by atoms with E-state index in [0.29, 0.717) is 0 Å². The highest BCUT2D eigenvalue weighted by Crippen LogP contribution is 1.91. The van der Waals surface area contributed by atoms with Gasteiger partial charge in [-0.2, -0.15) is 0 Å². The summed E-state index contributed by atoms with van der Waals surface area (Å²) >= 11 is 0. The van der Waals surface area contributed by atoms with Gasteiger partial charge in [-0.1, -0.05) is 0 Å². The van der Waals surface area contributed by atoms with Gasteiger partial charge in [-0.3, -0.25) is 4.79 Å². The van der Waals surface area contributed by atoms with E-state index in [0.717, 1.165) is 6.20 Å². The maximum atomic E-state index is 10.7. The predicted molar refractivity (Wildman–Crippen MR) is 38.8 cm³/mol. The first-order valence-electron chi connectivity index (χ1n) is 3.08. The van der Waals surface area contributed by atoms with Crippen molar-refractivity contribution >= 4 is 11.9 Å². The van der Waals surface area contributed by atoms with Crippen molar-refractivity contribution in [3.8, 4) is 0 Å². The Morgan fingerprint density at radius 1 is 1.31 bits per heavy atom. The van der Waals surface area contributed by atoms with Crippen LogP contribution >= 0.6 is 0 Å². The number of aromatic amines is 1. The molecule has 7 heteroatoms. The summed E-state index contributed by atoms with van der Waals surface area (Å²) in [6.07, 6.45) is 0.830. The molecule has 1 heterocycles. The minimum Gasteiger partial charge on any atom is -0.476 e. The normalized spacial score (nSPS) is 9.54. The molecule has 0 bridgehead atoms. The lowest BCUT2D eigenvalue weighted by Gasteiger charge is -1.94. The quantitative estimate of drug-likeness (QED) is 0.551. The van der Waals surface area contributed by atoms with Gasteiger partial charge in [0.1, 0.15) is 0 Å². The Labute approximate surface area is 70.7 Å². The maximum absolute atomic E-state index is 10.7. The molecule has 0 aliphatic heterocycles. The van der Waals surface area contributed by atoms with Gasteiger partial charge in [-0.25, -0.2) is 14.6 Å². The third kappa shape index (κ3) is 1.70. The molecule has 68 valence electrons. The summed E-state index contributed by atoms with van der Waals surface area (Å²) in [6, 6.07) is 0. The molecular formula is C6H4N2O5. The lowest BCUT2D eigenvalue weighted by atomic mass is 10.4. The highest BCUT2D eigenvalue weighted by atomic mass is 16.4. The van der Waals surface area contributed by atoms with Gasteiger partial charge in [0.25, 0.3) is 5.56 Å². The summed E-state index contributed by atoms with van der Waals surface area (Å²) in [5, 5.41) is 16.8. The van der Waals surface area contributed by atoms with Crippen molar-refractivity contribution in [2.45, 2.75) is 0 Å². The molecule has 0 atom stereocenters. The number of hydrogen-bond donors (Lipinski definition) is 3. The molecule has 1 aromatic heterocycles. The Morgan fingerprint density at radius 3 is 2.38 bits per heavy atom. The second-order valence-electron chi connectivity index (χ2n) is 2.07. The minimum absolute atomic E-state index is 0.517. The van der Waals surface area contributed by atoms with Gasteiger partial charge in [0.2, 0.25) is 5.69 Å². The summed E-state index contributed by atoms with van der Waals surface area (Å²) in [5.74, 6) is -2.97. The Morgan fingerprint density at radius 2 is 1.92 bits per heavy atom. The summed E-state index contributed by atoms with van der Waals surface area (Å²) in [5.41, 5.74) is -2.28. The topological polar surface area (TPSA) is 120 Å². The zero-order valence-corrected chi connectivity index (χ0v) is 6.14. The molecule has 0 unspecified atom stereocenters. The van der Waals surface area contributed by atoms with E-state index in [2.05, 4.69) is 4.98 Å². The molecule has 0 saturated carbocycles. The Hall–Kier alpha value is -2.18. The summed E-state index contributed by atoms with van der Waals surface area (Å²) in [4.78, 5) is 36.5. The molecule has 1 aromatic rings. The average Bonchev–Trinajstić information content (AvgIpc) is 2.04. The van der Waals surface area contributed by atoms with Gasteiger partial charge < -0.3 is 15.2 Å². The van der Waals surface area contributed by atoms with Crippen LogP contribution < -0.4 is 5.56 Å². The number of nitrogens with zero attached hydrogens (tertiary/aromatic N) is 1. The molecule has 0 fully saturated rings. The lowest BCUT2D eigenvalue weighted by molar-refractivity contribution is 0.0683. The average molecular weight is 184 g/mol. The van der Waals surface area contributed by atoms with Crippen LogP contribution in [0.3, 0.4) is 0 Å². The standard InChI is InChI=1S/C6H4N2O5/c9-4-3(6(12)13)8-2(1-7-4)5(10)11/h1H,(H,7,9)(H,10,11)(H,12,13). The molecule has 0 aromatic carbocycles. The van der Waals surface area contributed by atoms with Crippen molar-refractivity contribution in [2.75, 3.05) is 0 Å². The van der Waals surface area contributed by atoms with Crippen molar-refractivity contribution in [3.63, 3.8) is 0 Å². The fourth-order valence-electron chi connectivity index (χ4n) is 0.660. The molecule has 0 saturated heterocycles. The second-order valence-corrected chi connectivity index (χ2v) is 2.07. The Kier molecular flexibility index (Phi) is 2.09. The van der Waals surface area contributed by atoms with Crippen LogP contribution in [-0.2, 0) is 0 Å². The zero-order valence-electron chi connectivity index (χ0n) is 6.14. The summed E-state index contributed by atoms with van der Waals surface area (Å²) in [7, 11) is 0. The monoisotopic (exact) mass is 184 g/mol. The van der Waals surface area contributed by atoms with Crippen LogP contribution in [0.5, 0.6) is 0 Å².